The molecule has 0 unspecified atom stereocenters. The second-order valence-corrected chi connectivity index (χ2v) is 5.54. The van der Waals surface area contributed by atoms with E-state index in [0.717, 1.165) is 12.1 Å². The molecule has 1 aliphatic rings. The van der Waals surface area contributed by atoms with Crippen LogP contribution in [-0.2, 0) is 6.42 Å². The zero-order valence-electron chi connectivity index (χ0n) is 11.1. The Morgan fingerprint density at radius 1 is 1.22 bits per heavy atom. The lowest BCUT2D eigenvalue weighted by Gasteiger charge is -2.11. The molecule has 1 aliphatic carbocycles. The molecule has 0 aliphatic heterocycles. The first-order valence-corrected chi connectivity index (χ1v) is 6.77. The average Bonchev–Trinajstić information content (AvgIpc) is 2.80. The Labute approximate surface area is 107 Å². The highest BCUT2D eigenvalue weighted by atomic mass is 15.1. The molecule has 18 heavy (non-hydrogen) atoms. The van der Waals surface area contributed by atoms with Crippen molar-refractivity contribution in [2.24, 2.45) is 5.41 Å². The van der Waals surface area contributed by atoms with Gasteiger partial charge >= 0.3 is 0 Å². The van der Waals surface area contributed by atoms with Crippen LogP contribution in [0.15, 0.2) is 12.4 Å². The standard InChI is InChI=1S/C14H20N4/c1-3-14(6-7-14)5-4-12-11(9-16-17-12)13-10(2)8-15-18-13/h8-9H,3-7H2,1-2H3,(H,15,18)(H,16,17). The molecule has 0 spiro atoms. The summed E-state index contributed by atoms with van der Waals surface area (Å²) in [6, 6.07) is 0. The van der Waals surface area contributed by atoms with Crippen LogP contribution >= 0.6 is 0 Å². The molecule has 0 aromatic carbocycles. The molecule has 0 radical (unpaired) electrons. The van der Waals surface area contributed by atoms with Crippen molar-refractivity contribution >= 4 is 0 Å². The monoisotopic (exact) mass is 244 g/mol. The second kappa shape index (κ2) is 4.26. The molecule has 1 fully saturated rings. The lowest BCUT2D eigenvalue weighted by Crippen LogP contribution is -2.01. The van der Waals surface area contributed by atoms with Gasteiger partial charge in [-0.05, 0) is 43.6 Å². The molecular formula is C14H20N4. The zero-order chi connectivity index (χ0) is 12.6. The van der Waals surface area contributed by atoms with Crippen molar-refractivity contribution in [1.29, 1.82) is 0 Å². The van der Waals surface area contributed by atoms with Crippen LogP contribution in [-0.4, -0.2) is 20.4 Å². The smallest absolute Gasteiger partial charge is 0.0713 e. The lowest BCUT2D eigenvalue weighted by atomic mass is 9.94. The quantitative estimate of drug-likeness (QED) is 0.848. The van der Waals surface area contributed by atoms with Crippen molar-refractivity contribution in [3.63, 3.8) is 0 Å². The summed E-state index contributed by atoms with van der Waals surface area (Å²) in [5.41, 5.74) is 5.32. The minimum atomic E-state index is 0.630. The number of nitrogens with one attached hydrogen (secondary N) is 2. The summed E-state index contributed by atoms with van der Waals surface area (Å²) in [6.45, 7) is 4.38. The summed E-state index contributed by atoms with van der Waals surface area (Å²) in [6.07, 6.45) is 10.2. The predicted octanol–water partition coefficient (Wildman–Crippen LogP) is 3.23. The van der Waals surface area contributed by atoms with Crippen LogP contribution in [0, 0.1) is 12.3 Å². The molecule has 0 bridgehead atoms. The van der Waals surface area contributed by atoms with Crippen LogP contribution in [0.2, 0.25) is 0 Å². The highest BCUT2D eigenvalue weighted by Gasteiger charge is 2.40. The van der Waals surface area contributed by atoms with E-state index in [-0.39, 0.29) is 0 Å². The van der Waals surface area contributed by atoms with Crippen LogP contribution in [0.4, 0.5) is 0 Å². The lowest BCUT2D eigenvalue weighted by molar-refractivity contribution is 0.448. The number of aryl methyl sites for hydroxylation is 2. The predicted molar refractivity (Wildman–Crippen MR) is 71.2 cm³/mol. The molecule has 2 aromatic heterocycles. The number of rotatable bonds is 5. The number of hydrogen-bond acceptors (Lipinski definition) is 2. The van der Waals surface area contributed by atoms with Crippen molar-refractivity contribution in [1.82, 2.24) is 20.4 Å². The SMILES string of the molecule is CCC1(CCc2[nH]ncc2-c2[nH]ncc2C)CC1. The third kappa shape index (κ3) is 1.96. The van der Waals surface area contributed by atoms with Gasteiger partial charge in [-0.1, -0.05) is 13.3 Å². The van der Waals surface area contributed by atoms with Gasteiger partial charge in [-0.2, -0.15) is 10.2 Å². The first-order chi connectivity index (χ1) is 8.74. The topological polar surface area (TPSA) is 57.4 Å². The van der Waals surface area contributed by atoms with Crippen LogP contribution in [0.1, 0.15) is 43.9 Å². The number of nitrogens with zero attached hydrogens (tertiary/aromatic N) is 2. The van der Waals surface area contributed by atoms with E-state index in [9.17, 15) is 0 Å². The summed E-state index contributed by atoms with van der Waals surface area (Å²) in [5.74, 6) is 0. The Bertz CT molecular complexity index is 533. The number of aromatic nitrogens is 4. The minimum absolute atomic E-state index is 0.630. The van der Waals surface area contributed by atoms with E-state index in [2.05, 4.69) is 34.2 Å². The van der Waals surface area contributed by atoms with Gasteiger partial charge in [-0.3, -0.25) is 10.2 Å². The average molecular weight is 244 g/mol. The van der Waals surface area contributed by atoms with E-state index in [1.807, 2.05) is 12.4 Å². The molecule has 0 saturated heterocycles. The fourth-order valence-corrected chi connectivity index (χ4v) is 2.69. The highest BCUT2D eigenvalue weighted by molar-refractivity contribution is 5.64. The molecule has 3 rings (SSSR count). The molecule has 0 amide bonds. The minimum Gasteiger partial charge on any atom is -0.282 e. The summed E-state index contributed by atoms with van der Waals surface area (Å²) < 4.78 is 0. The normalized spacial score (nSPS) is 17.0. The third-order valence-electron chi connectivity index (χ3n) is 4.43. The number of H-pyrrole nitrogens is 2. The van der Waals surface area contributed by atoms with Gasteiger partial charge in [-0.15, -0.1) is 0 Å². The third-order valence-corrected chi connectivity index (χ3v) is 4.43. The Kier molecular flexibility index (Phi) is 2.73. The Hall–Kier alpha value is -1.58. The van der Waals surface area contributed by atoms with Crippen LogP contribution in [0.5, 0.6) is 0 Å². The van der Waals surface area contributed by atoms with Crippen molar-refractivity contribution in [2.75, 3.05) is 0 Å². The van der Waals surface area contributed by atoms with Gasteiger partial charge in [0.1, 0.15) is 0 Å². The van der Waals surface area contributed by atoms with E-state index < -0.39 is 0 Å². The highest BCUT2D eigenvalue weighted by Crippen LogP contribution is 2.52. The van der Waals surface area contributed by atoms with Crippen molar-refractivity contribution in [2.45, 2.75) is 46.0 Å². The summed E-state index contributed by atoms with van der Waals surface area (Å²) in [4.78, 5) is 0. The van der Waals surface area contributed by atoms with Crippen LogP contribution in [0.3, 0.4) is 0 Å². The molecule has 0 atom stereocenters. The van der Waals surface area contributed by atoms with Crippen molar-refractivity contribution in [3.05, 3.63) is 23.7 Å². The van der Waals surface area contributed by atoms with Crippen molar-refractivity contribution in [3.8, 4) is 11.3 Å². The van der Waals surface area contributed by atoms with E-state index in [0.29, 0.717) is 5.41 Å². The van der Waals surface area contributed by atoms with Gasteiger partial charge < -0.3 is 0 Å². The van der Waals surface area contributed by atoms with Crippen LogP contribution in [0.25, 0.3) is 11.3 Å². The molecular weight excluding hydrogens is 224 g/mol. The van der Waals surface area contributed by atoms with Gasteiger partial charge in [-0.25, -0.2) is 0 Å². The Morgan fingerprint density at radius 2 is 2.00 bits per heavy atom. The maximum absolute atomic E-state index is 4.19. The van der Waals surface area contributed by atoms with Gasteiger partial charge in [0.2, 0.25) is 0 Å². The van der Waals surface area contributed by atoms with E-state index in [4.69, 9.17) is 0 Å². The van der Waals surface area contributed by atoms with Gasteiger partial charge in [0.15, 0.2) is 0 Å². The Morgan fingerprint density at radius 3 is 2.61 bits per heavy atom. The fourth-order valence-electron chi connectivity index (χ4n) is 2.69. The van der Waals surface area contributed by atoms with E-state index in [1.54, 1.807) is 0 Å². The molecule has 2 N–H and O–H groups in total. The maximum atomic E-state index is 4.19. The summed E-state index contributed by atoms with van der Waals surface area (Å²) >= 11 is 0. The first-order valence-electron chi connectivity index (χ1n) is 6.77. The number of hydrogen-bond donors (Lipinski definition) is 2. The summed E-state index contributed by atoms with van der Waals surface area (Å²) in [7, 11) is 0. The molecule has 4 heteroatoms. The van der Waals surface area contributed by atoms with Gasteiger partial charge in [0.25, 0.3) is 0 Å². The molecule has 4 nitrogen and oxygen atoms in total. The molecule has 1 saturated carbocycles. The number of aromatic amines is 2. The molecule has 96 valence electrons. The van der Waals surface area contributed by atoms with Gasteiger partial charge in [0.05, 0.1) is 18.1 Å². The molecule has 2 aromatic rings. The van der Waals surface area contributed by atoms with Crippen molar-refractivity contribution < 1.29 is 0 Å². The first kappa shape index (κ1) is 11.5. The van der Waals surface area contributed by atoms with E-state index >= 15 is 0 Å². The maximum Gasteiger partial charge on any atom is 0.0713 e. The Balaban J connectivity index is 1.78. The molecule has 2 heterocycles. The summed E-state index contributed by atoms with van der Waals surface area (Å²) in [5, 5.41) is 14.5. The van der Waals surface area contributed by atoms with E-state index in [1.165, 1.54) is 42.5 Å². The largest absolute Gasteiger partial charge is 0.282 e. The zero-order valence-corrected chi connectivity index (χ0v) is 11.1. The fraction of sp³-hybridized carbons (Fsp3) is 0.571. The van der Waals surface area contributed by atoms with Crippen LogP contribution < -0.4 is 0 Å². The van der Waals surface area contributed by atoms with Gasteiger partial charge in [0, 0.05) is 11.3 Å². The second-order valence-electron chi connectivity index (χ2n) is 5.54.